The first kappa shape index (κ1) is 26.2. The number of carbonyl (C=O) groups excluding carboxylic acids is 2. The molecule has 0 radical (unpaired) electrons. The molecule has 2 aromatic rings. The smallest absolute Gasteiger partial charge is 0.407 e. The van der Waals surface area contributed by atoms with Gasteiger partial charge >= 0.3 is 12.1 Å². The number of nitrogens with zero attached hydrogens (tertiary/aromatic N) is 3. The van der Waals surface area contributed by atoms with Crippen LogP contribution in [0.1, 0.15) is 62.2 Å². The number of anilines is 2. The molecule has 1 aromatic carbocycles. The van der Waals surface area contributed by atoms with Crippen LogP contribution in [0.15, 0.2) is 24.3 Å². The van der Waals surface area contributed by atoms with Crippen LogP contribution in [0, 0.1) is 11.3 Å². The summed E-state index contributed by atoms with van der Waals surface area (Å²) in [7, 11) is 0. The van der Waals surface area contributed by atoms with Crippen molar-refractivity contribution in [3.05, 3.63) is 46.1 Å². The van der Waals surface area contributed by atoms with Gasteiger partial charge in [0.15, 0.2) is 5.69 Å². The number of carbonyl (C=O) groups is 2. The summed E-state index contributed by atoms with van der Waals surface area (Å²) in [6.45, 7) is 8.55. The number of amides is 1. The van der Waals surface area contributed by atoms with Crippen LogP contribution in [0.2, 0.25) is 5.02 Å². The zero-order valence-corrected chi connectivity index (χ0v) is 21.3. The number of ether oxygens (including phenoxy) is 2. The van der Waals surface area contributed by atoms with Gasteiger partial charge in [0.25, 0.3) is 0 Å². The Morgan fingerprint density at radius 1 is 1.31 bits per heavy atom. The second-order valence-corrected chi connectivity index (χ2v) is 9.81. The summed E-state index contributed by atoms with van der Waals surface area (Å²) in [5.74, 6) is -0.107. The van der Waals surface area contributed by atoms with E-state index in [9.17, 15) is 14.9 Å². The van der Waals surface area contributed by atoms with Gasteiger partial charge in [0.05, 0.1) is 18.8 Å². The molecule has 1 fully saturated rings. The van der Waals surface area contributed by atoms with E-state index in [0.29, 0.717) is 23.9 Å². The third-order valence-electron chi connectivity index (χ3n) is 5.58. The zero-order valence-electron chi connectivity index (χ0n) is 20.6. The number of nitrogens with one attached hydrogen (secondary N) is 1. The van der Waals surface area contributed by atoms with Crippen LogP contribution in [-0.4, -0.2) is 48.0 Å². The number of alkyl carbamates (subject to hydrolysis) is 1. The van der Waals surface area contributed by atoms with Crippen LogP contribution in [0.25, 0.3) is 0 Å². The van der Waals surface area contributed by atoms with E-state index in [4.69, 9.17) is 26.8 Å². The number of piperidine rings is 1. The second kappa shape index (κ2) is 10.9. The van der Waals surface area contributed by atoms with Gasteiger partial charge in [-0.15, -0.1) is 0 Å². The number of benzene rings is 1. The molecule has 0 spiro atoms. The van der Waals surface area contributed by atoms with Crippen LogP contribution < -0.4 is 16.0 Å². The monoisotopic (exact) mass is 501 g/mol. The van der Waals surface area contributed by atoms with Crippen molar-refractivity contribution < 1.29 is 19.1 Å². The Kier molecular flexibility index (Phi) is 8.18. The molecule has 1 aromatic heterocycles. The highest BCUT2D eigenvalue weighted by molar-refractivity contribution is 6.31. The van der Waals surface area contributed by atoms with E-state index >= 15 is 0 Å². The van der Waals surface area contributed by atoms with Crippen LogP contribution in [0.5, 0.6) is 0 Å². The molecule has 1 atom stereocenters. The summed E-state index contributed by atoms with van der Waals surface area (Å²) < 4.78 is 12.4. The molecule has 9 nitrogen and oxygen atoms in total. The maximum absolute atomic E-state index is 12.9. The van der Waals surface area contributed by atoms with E-state index < -0.39 is 17.7 Å². The molecule has 10 heteroatoms. The minimum atomic E-state index is -0.612. The quantitative estimate of drug-likeness (QED) is 0.565. The number of nitrogen functional groups attached to an aromatic ring is 1. The van der Waals surface area contributed by atoms with E-state index in [-0.39, 0.29) is 36.1 Å². The van der Waals surface area contributed by atoms with Crippen LogP contribution in [-0.2, 0) is 16.0 Å². The highest BCUT2D eigenvalue weighted by atomic mass is 35.5. The Hall–Kier alpha value is -3.38. The van der Waals surface area contributed by atoms with Crippen LogP contribution >= 0.6 is 11.6 Å². The van der Waals surface area contributed by atoms with Gasteiger partial charge in [0.1, 0.15) is 23.1 Å². The molecule has 0 aliphatic carbocycles. The third kappa shape index (κ3) is 6.20. The molecule has 2 heterocycles. The average molecular weight is 502 g/mol. The van der Waals surface area contributed by atoms with Crippen molar-refractivity contribution in [3.63, 3.8) is 0 Å². The zero-order chi connectivity index (χ0) is 25.8. The minimum absolute atomic E-state index is 0.0650. The van der Waals surface area contributed by atoms with Gasteiger partial charge in [0.2, 0.25) is 0 Å². The lowest BCUT2D eigenvalue weighted by molar-refractivity contribution is 0.0496. The SMILES string of the molecule is CCOC(=O)c1c(N)c(C#N)c(N2CCCC(NC(=O)OC(C)(C)C)C2)n1Cc1ccccc1Cl. The highest BCUT2D eigenvalue weighted by Gasteiger charge is 2.33. The second-order valence-electron chi connectivity index (χ2n) is 9.40. The number of hydrogen-bond acceptors (Lipinski definition) is 7. The van der Waals surface area contributed by atoms with Crippen molar-refractivity contribution in [2.24, 2.45) is 0 Å². The summed E-state index contributed by atoms with van der Waals surface area (Å²) >= 11 is 6.42. The molecule has 3 rings (SSSR count). The van der Waals surface area contributed by atoms with Crippen molar-refractivity contribution in [1.82, 2.24) is 9.88 Å². The maximum atomic E-state index is 12.9. The van der Waals surface area contributed by atoms with Crippen molar-refractivity contribution >= 4 is 35.2 Å². The fourth-order valence-corrected chi connectivity index (χ4v) is 4.39. The predicted octanol–water partition coefficient (Wildman–Crippen LogP) is 4.31. The molecule has 188 valence electrons. The minimum Gasteiger partial charge on any atom is -0.461 e. The number of nitrogens with two attached hydrogens (primary N) is 1. The number of hydrogen-bond donors (Lipinski definition) is 2. The van der Waals surface area contributed by atoms with Gasteiger partial charge in [-0.25, -0.2) is 9.59 Å². The fraction of sp³-hybridized carbons (Fsp3) is 0.480. The molecule has 1 unspecified atom stereocenters. The number of halogens is 1. The number of rotatable bonds is 6. The van der Waals surface area contributed by atoms with Crippen molar-refractivity contribution in [3.8, 4) is 6.07 Å². The lowest BCUT2D eigenvalue weighted by atomic mass is 10.1. The number of aromatic nitrogens is 1. The lowest BCUT2D eigenvalue weighted by Crippen LogP contribution is -2.49. The van der Waals surface area contributed by atoms with Crippen molar-refractivity contribution in [1.29, 1.82) is 5.26 Å². The van der Waals surface area contributed by atoms with Crippen molar-refractivity contribution in [2.45, 2.75) is 58.7 Å². The molecule has 0 bridgehead atoms. The first-order valence-corrected chi connectivity index (χ1v) is 12.0. The Bertz CT molecular complexity index is 1130. The molecular weight excluding hydrogens is 470 g/mol. The fourth-order valence-electron chi connectivity index (χ4n) is 4.20. The standard InChI is InChI=1S/C25H32ClN5O4/c1-5-34-23(32)21-20(28)18(13-27)22(31(21)14-16-9-6-7-11-19(16)26)30-12-8-10-17(15-30)29-24(33)35-25(2,3)4/h6-7,9,11,17H,5,8,10,12,14-15,28H2,1-4H3,(H,29,33). The Labute approximate surface area is 210 Å². The molecule has 35 heavy (non-hydrogen) atoms. The summed E-state index contributed by atoms with van der Waals surface area (Å²) in [6, 6.07) is 9.25. The van der Waals surface area contributed by atoms with Crippen LogP contribution in [0.3, 0.4) is 0 Å². The Balaban J connectivity index is 2.02. The first-order chi connectivity index (χ1) is 16.6. The van der Waals surface area contributed by atoms with E-state index in [0.717, 1.165) is 18.4 Å². The van der Waals surface area contributed by atoms with Gasteiger partial charge in [0, 0.05) is 24.2 Å². The topological polar surface area (TPSA) is 123 Å². The highest BCUT2D eigenvalue weighted by Crippen LogP contribution is 2.36. The molecule has 1 aliphatic rings. The normalized spacial score (nSPS) is 15.9. The van der Waals surface area contributed by atoms with E-state index in [1.54, 1.807) is 38.3 Å². The molecule has 1 saturated heterocycles. The Morgan fingerprint density at radius 3 is 2.66 bits per heavy atom. The summed E-state index contributed by atoms with van der Waals surface area (Å²) in [6.07, 6.45) is 1.02. The van der Waals surface area contributed by atoms with Gasteiger partial charge in [-0.1, -0.05) is 29.8 Å². The van der Waals surface area contributed by atoms with Gasteiger partial charge in [-0.05, 0) is 52.2 Å². The maximum Gasteiger partial charge on any atom is 0.407 e. The summed E-state index contributed by atoms with van der Waals surface area (Å²) in [5, 5.41) is 13.4. The summed E-state index contributed by atoms with van der Waals surface area (Å²) in [4.78, 5) is 27.2. The first-order valence-electron chi connectivity index (χ1n) is 11.6. The van der Waals surface area contributed by atoms with E-state index in [2.05, 4.69) is 11.4 Å². The third-order valence-corrected chi connectivity index (χ3v) is 5.95. The molecule has 3 N–H and O–H groups in total. The van der Waals surface area contributed by atoms with Gasteiger partial charge < -0.3 is 30.0 Å². The lowest BCUT2D eigenvalue weighted by Gasteiger charge is -2.35. The van der Waals surface area contributed by atoms with E-state index in [1.807, 2.05) is 23.1 Å². The molecule has 1 aliphatic heterocycles. The van der Waals surface area contributed by atoms with Gasteiger partial charge in [-0.2, -0.15) is 5.26 Å². The predicted molar refractivity (Wildman–Crippen MR) is 135 cm³/mol. The molecule has 1 amide bonds. The largest absolute Gasteiger partial charge is 0.461 e. The van der Waals surface area contributed by atoms with Crippen LogP contribution in [0.4, 0.5) is 16.3 Å². The number of esters is 1. The summed E-state index contributed by atoms with van der Waals surface area (Å²) in [5.41, 5.74) is 6.86. The van der Waals surface area contributed by atoms with Crippen molar-refractivity contribution in [2.75, 3.05) is 30.3 Å². The van der Waals surface area contributed by atoms with Gasteiger partial charge in [-0.3, -0.25) is 0 Å². The number of nitriles is 1. The molecular formula is C25H32ClN5O4. The molecule has 0 saturated carbocycles. The Morgan fingerprint density at radius 2 is 2.03 bits per heavy atom. The van der Waals surface area contributed by atoms with E-state index in [1.165, 1.54) is 0 Å². The average Bonchev–Trinajstić information content (AvgIpc) is 3.05.